The van der Waals surface area contributed by atoms with Gasteiger partial charge >= 0.3 is 59.2 Å². The molecular weight excluding hydrogens is 278 g/mol. The van der Waals surface area contributed by atoms with E-state index in [1.165, 1.54) is 44.9 Å². The fraction of sp³-hybridized carbons (Fsp3) is 1.00. The molecule has 0 radical (unpaired) electrons. The maximum absolute atomic E-state index is 10.4. The van der Waals surface area contributed by atoms with Crippen molar-refractivity contribution in [3.8, 4) is 0 Å². The van der Waals surface area contributed by atoms with Gasteiger partial charge in [-0.1, -0.05) is 64.7 Å². The summed E-state index contributed by atoms with van der Waals surface area (Å²) in [5.41, 5.74) is 0. The molecule has 0 saturated carbocycles. The zero-order valence-electron chi connectivity index (χ0n) is 12.9. The van der Waals surface area contributed by atoms with Crippen LogP contribution in [0.1, 0.15) is 72.6 Å². The third kappa shape index (κ3) is 20.1. The molecule has 4 nitrogen and oxygen atoms in total. The molecule has 0 unspecified atom stereocenters. The first kappa shape index (κ1) is 22.0. The summed E-state index contributed by atoms with van der Waals surface area (Å²) >= 11 is 0. The minimum absolute atomic E-state index is 0. The van der Waals surface area contributed by atoms with Crippen LogP contribution in [0, 0.1) is 0 Å². The van der Waals surface area contributed by atoms with Crippen LogP contribution in [0.4, 0.5) is 0 Å². The van der Waals surface area contributed by atoms with Crippen molar-refractivity contribution in [2.45, 2.75) is 71.1 Å². The zero-order valence-corrected chi connectivity index (χ0v) is 16.0. The maximum Gasteiger partial charge on any atom is 1.00 e. The van der Waals surface area contributed by atoms with Crippen LogP contribution in [0.15, 0.2) is 0 Å². The van der Waals surface area contributed by atoms with Crippen LogP contribution >= 0.6 is 7.82 Å². The van der Waals surface area contributed by atoms with E-state index in [9.17, 15) is 4.57 Å². The molecule has 0 aromatic carbocycles. The fourth-order valence-corrected chi connectivity index (χ4v) is 2.14. The van der Waals surface area contributed by atoms with E-state index in [0.717, 1.165) is 19.3 Å². The topological polar surface area (TPSA) is 66.8 Å². The molecule has 0 bridgehead atoms. The van der Waals surface area contributed by atoms with Gasteiger partial charge in [0.2, 0.25) is 0 Å². The van der Waals surface area contributed by atoms with Crippen molar-refractivity contribution < 1.29 is 71.7 Å². The third-order valence-electron chi connectivity index (χ3n) is 2.76. The number of phosphoric acid groups is 1. The number of phosphoric ester groups is 1. The third-order valence-corrected chi connectivity index (χ3v) is 3.28. The second kappa shape index (κ2) is 15.1. The average Bonchev–Trinajstić information content (AvgIpc) is 2.24. The molecule has 0 aromatic rings. The normalized spacial score (nSPS) is 11.3. The number of hydrogen-bond donors (Lipinski definition) is 2. The summed E-state index contributed by atoms with van der Waals surface area (Å²) in [6.45, 7) is 2.39. The number of hydrogen-bond acceptors (Lipinski definition) is 2. The van der Waals surface area contributed by atoms with Crippen molar-refractivity contribution >= 4 is 7.82 Å². The van der Waals surface area contributed by atoms with Crippen LogP contribution in [0.3, 0.4) is 0 Å². The molecule has 0 rings (SSSR count). The van der Waals surface area contributed by atoms with Crippen LogP contribution < -0.4 is 51.4 Å². The second-order valence-corrected chi connectivity index (χ2v) is 5.75. The Morgan fingerprint density at radius 1 is 0.889 bits per heavy atom. The van der Waals surface area contributed by atoms with Crippen molar-refractivity contribution in [2.75, 3.05) is 6.61 Å². The summed E-state index contributed by atoms with van der Waals surface area (Å²) in [7, 11) is -4.24. The van der Waals surface area contributed by atoms with E-state index in [1.54, 1.807) is 0 Å². The smallest absolute Gasteiger partial charge is 1.00 e. The van der Waals surface area contributed by atoms with Crippen LogP contribution in [0.25, 0.3) is 0 Å². The van der Waals surface area contributed by atoms with Gasteiger partial charge in [0.15, 0.2) is 0 Å². The minimum Gasteiger partial charge on any atom is -1.00 e. The molecule has 0 aromatic heterocycles. The molecule has 2 N–H and O–H groups in total. The summed E-state index contributed by atoms with van der Waals surface area (Å²) in [5.74, 6) is 0. The summed E-state index contributed by atoms with van der Waals surface area (Å²) in [4.78, 5) is 16.9. The summed E-state index contributed by atoms with van der Waals surface area (Å²) in [6, 6.07) is 0. The Morgan fingerprint density at radius 3 is 1.67 bits per heavy atom. The van der Waals surface area contributed by atoms with Crippen molar-refractivity contribution in [2.24, 2.45) is 0 Å². The monoisotopic (exact) mass is 306 g/mol. The molecule has 18 heavy (non-hydrogen) atoms. The minimum atomic E-state index is -4.24. The molecule has 0 spiro atoms. The Bertz CT molecular complexity index is 214. The van der Waals surface area contributed by atoms with E-state index in [4.69, 9.17) is 9.79 Å². The zero-order chi connectivity index (χ0) is 13.0. The number of rotatable bonds is 12. The molecule has 106 valence electrons. The fourth-order valence-electron chi connectivity index (χ4n) is 1.77. The molecule has 6 heteroatoms. The molecule has 0 amide bonds. The van der Waals surface area contributed by atoms with Gasteiger partial charge in [0.25, 0.3) is 0 Å². The average molecular weight is 306 g/mol. The summed E-state index contributed by atoms with van der Waals surface area (Å²) in [5, 5.41) is 0. The Hall–Kier alpha value is 1.75. The van der Waals surface area contributed by atoms with Gasteiger partial charge in [-0.2, -0.15) is 0 Å². The Kier molecular flexibility index (Phi) is 18.5. The summed E-state index contributed by atoms with van der Waals surface area (Å²) < 4.78 is 14.7. The predicted molar refractivity (Wildman–Crippen MR) is 71.0 cm³/mol. The van der Waals surface area contributed by atoms with Crippen molar-refractivity contribution in [1.82, 2.24) is 0 Å². The van der Waals surface area contributed by atoms with Crippen LogP contribution in [-0.2, 0) is 9.09 Å². The molecule has 0 heterocycles. The van der Waals surface area contributed by atoms with Gasteiger partial charge in [0, 0.05) is 0 Å². The van der Waals surface area contributed by atoms with E-state index in [2.05, 4.69) is 11.4 Å². The van der Waals surface area contributed by atoms with E-state index < -0.39 is 7.82 Å². The quantitative estimate of drug-likeness (QED) is 0.322. The van der Waals surface area contributed by atoms with Gasteiger partial charge in [-0.25, -0.2) is 4.57 Å². The number of unbranched alkanes of at least 4 members (excludes halogenated alkanes) is 9. The Morgan fingerprint density at radius 2 is 1.28 bits per heavy atom. The predicted octanol–water partition coefficient (Wildman–Crippen LogP) is 1.13. The molecule has 0 aliphatic heterocycles. The molecule has 0 fully saturated rings. The first-order valence-corrected chi connectivity index (χ1v) is 8.29. The van der Waals surface area contributed by atoms with Crippen LogP contribution in [0.2, 0.25) is 0 Å². The molecule has 0 aliphatic rings. The van der Waals surface area contributed by atoms with E-state index >= 15 is 0 Å². The first-order chi connectivity index (χ1) is 8.06. The van der Waals surface area contributed by atoms with E-state index in [-0.39, 0.29) is 59.4 Å². The molecular formula is C12H28KO4P. The Labute approximate surface area is 155 Å². The van der Waals surface area contributed by atoms with E-state index in [1.807, 2.05) is 0 Å². The SMILES string of the molecule is CCCCCCCCCCCCOP(=O)(O)O.[H-].[K+]. The van der Waals surface area contributed by atoms with Crippen LogP contribution in [0.5, 0.6) is 0 Å². The Balaban J connectivity index is -0.00000128. The van der Waals surface area contributed by atoms with Gasteiger partial charge in [-0.05, 0) is 6.42 Å². The van der Waals surface area contributed by atoms with E-state index in [0.29, 0.717) is 0 Å². The van der Waals surface area contributed by atoms with Gasteiger partial charge < -0.3 is 11.2 Å². The van der Waals surface area contributed by atoms with Gasteiger partial charge in [0.05, 0.1) is 6.61 Å². The first-order valence-electron chi connectivity index (χ1n) is 6.76. The largest absolute Gasteiger partial charge is 1.00 e. The molecule has 0 atom stereocenters. The van der Waals surface area contributed by atoms with Crippen molar-refractivity contribution in [3.05, 3.63) is 0 Å². The molecule has 0 saturated heterocycles. The molecule has 0 aliphatic carbocycles. The second-order valence-electron chi connectivity index (χ2n) is 4.51. The van der Waals surface area contributed by atoms with Gasteiger partial charge in [0.1, 0.15) is 0 Å². The standard InChI is InChI=1S/C12H27O4P.K.H/c1-2-3-4-5-6-7-8-9-10-11-12-16-17(13,14)15;;/h2-12H2,1H3,(H2,13,14,15);;/q;+1;-1. The van der Waals surface area contributed by atoms with Crippen LogP contribution in [-0.4, -0.2) is 16.4 Å². The van der Waals surface area contributed by atoms with Crippen molar-refractivity contribution in [3.63, 3.8) is 0 Å². The summed E-state index contributed by atoms with van der Waals surface area (Å²) in [6.07, 6.45) is 12.0. The van der Waals surface area contributed by atoms with Gasteiger partial charge in [-0.3, -0.25) is 4.52 Å². The van der Waals surface area contributed by atoms with Crippen molar-refractivity contribution in [1.29, 1.82) is 0 Å². The maximum atomic E-state index is 10.4. The van der Waals surface area contributed by atoms with Gasteiger partial charge in [-0.15, -0.1) is 0 Å².